The molecular weight excluding hydrogens is 1070 g/mol. The van der Waals surface area contributed by atoms with E-state index in [-0.39, 0.29) is 31.2 Å². The standard InChI is InChI=1S/C63H42F4N3.Ir/c64-49-23-26-55(59(66)34-49)61-28-18-40(37-68-61)14-16-42-30-43(17-15-41-19-29-62(69-38-41)56-27-24-50(65)35-60(56)67)32-48(31-42)52-12-6-7-13-54(52)58-39-70-63(45-9-2-1-3-10-45)36-57(58)47-22-25-53-46(33-47)21-20-44-8-4-5-11-51(44)53;/h1-9,11-13,18-19,22-25,28-39H,14-17,20-21H2;/q-3;+3. The van der Waals surface area contributed by atoms with Gasteiger partial charge in [-0.05, 0) is 128 Å². The summed E-state index contributed by atoms with van der Waals surface area (Å²) >= 11 is 0. The average Bonchev–Trinajstić information content (AvgIpc) is 3.40. The number of aryl methyl sites for hydroxylation is 6. The first-order chi connectivity index (χ1) is 34.3. The van der Waals surface area contributed by atoms with Gasteiger partial charge in [-0.3, -0.25) is 17.6 Å². The van der Waals surface area contributed by atoms with Crippen molar-refractivity contribution in [2.45, 2.75) is 38.5 Å². The maximum absolute atomic E-state index is 14.6. The minimum absolute atomic E-state index is 0. The number of rotatable bonds is 12. The molecule has 0 radical (unpaired) electrons. The van der Waals surface area contributed by atoms with Gasteiger partial charge in [0.1, 0.15) is 0 Å². The number of hydrogen-bond acceptors (Lipinski definition) is 3. The molecule has 0 atom stereocenters. The number of aromatic nitrogens is 3. The first kappa shape index (κ1) is 47.1. The van der Waals surface area contributed by atoms with E-state index in [1.807, 2.05) is 42.6 Å². The fraction of sp³-hybridized carbons (Fsp3) is 0.0952. The molecule has 8 heteroatoms. The Labute approximate surface area is 424 Å². The number of benzene rings is 7. The molecule has 0 amide bonds. The molecule has 1 aliphatic carbocycles. The van der Waals surface area contributed by atoms with Gasteiger partial charge in [0, 0.05) is 47.4 Å². The van der Waals surface area contributed by atoms with Gasteiger partial charge in [-0.1, -0.05) is 139 Å². The summed E-state index contributed by atoms with van der Waals surface area (Å²) in [6.07, 6.45) is 10.2. The van der Waals surface area contributed by atoms with Gasteiger partial charge in [0.25, 0.3) is 0 Å². The van der Waals surface area contributed by atoms with Crippen LogP contribution in [0.4, 0.5) is 17.6 Å². The Morgan fingerprint density at radius 2 is 0.958 bits per heavy atom. The summed E-state index contributed by atoms with van der Waals surface area (Å²) in [5, 5.41) is 0. The topological polar surface area (TPSA) is 38.7 Å². The average molecular weight is 1110 g/mol. The van der Waals surface area contributed by atoms with Crippen LogP contribution in [0.5, 0.6) is 0 Å². The van der Waals surface area contributed by atoms with Gasteiger partial charge in [0.2, 0.25) is 0 Å². The quantitative estimate of drug-likeness (QED) is 0.0904. The molecule has 10 aromatic rings. The molecule has 0 spiro atoms. The molecule has 1 aliphatic rings. The summed E-state index contributed by atoms with van der Waals surface area (Å²) in [5.41, 5.74) is 18.6. The number of nitrogens with zero attached hydrogens (tertiary/aromatic N) is 3. The van der Waals surface area contributed by atoms with Gasteiger partial charge in [0.15, 0.2) is 0 Å². The zero-order chi connectivity index (χ0) is 47.6. The molecule has 0 aliphatic heterocycles. The molecule has 0 bridgehead atoms. The molecule has 0 saturated carbocycles. The number of hydrogen-bond donors (Lipinski definition) is 0. The van der Waals surface area contributed by atoms with E-state index < -0.39 is 23.3 Å². The van der Waals surface area contributed by atoms with Crippen molar-refractivity contribution in [3.63, 3.8) is 0 Å². The molecule has 346 valence electrons. The van der Waals surface area contributed by atoms with Crippen molar-refractivity contribution >= 4 is 0 Å². The van der Waals surface area contributed by atoms with Crippen LogP contribution >= 0.6 is 0 Å². The smallest absolute Gasteiger partial charge is 0.304 e. The molecular formula is C63H42F4IrN3. The second-order valence-corrected chi connectivity index (χ2v) is 17.7. The van der Waals surface area contributed by atoms with Crippen LogP contribution in [0, 0.1) is 41.5 Å². The first-order valence-corrected chi connectivity index (χ1v) is 23.3. The van der Waals surface area contributed by atoms with E-state index in [4.69, 9.17) is 4.98 Å². The van der Waals surface area contributed by atoms with Crippen molar-refractivity contribution in [2.24, 2.45) is 0 Å². The maximum atomic E-state index is 14.6. The van der Waals surface area contributed by atoms with Crippen LogP contribution in [0.1, 0.15) is 33.4 Å². The fourth-order valence-corrected chi connectivity index (χ4v) is 9.59. The van der Waals surface area contributed by atoms with Gasteiger partial charge in [-0.15, -0.1) is 60.2 Å². The monoisotopic (exact) mass is 1110 g/mol. The van der Waals surface area contributed by atoms with E-state index in [0.717, 1.165) is 104 Å². The van der Waals surface area contributed by atoms with Crippen molar-refractivity contribution < 1.29 is 37.7 Å². The van der Waals surface area contributed by atoms with Crippen LogP contribution in [0.25, 0.3) is 78.3 Å². The number of halogens is 4. The maximum Gasteiger partial charge on any atom is 3.00 e. The molecule has 0 N–H and O–H groups in total. The van der Waals surface area contributed by atoms with Crippen molar-refractivity contribution in [1.82, 2.24) is 15.0 Å². The summed E-state index contributed by atoms with van der Waals surface area (Å²) in [6.45, 7) is 0. The van der Waals surface area contributed by atoms with Crippen molar-refractivity contribution in [3.05, 3.63) is 257 Å². The molecule has 0 saturated heterocycles. The van der Waals surface area contributed by atoms with Crippen LogP contribution in [-0.4, -0.2) is 15.0 Å². The van der Waals surface area contributed by atoms with Crippen LogP contribution in [0.15, 0.2) is 182 Å². The second kappa shape index (κ2) is 20.8. The van der Waals surface area contributed by atoms with Crippen LogP contribution in [0.3, 0.4) is 0 Å². The van der Waals surface area contributed by atoms with E-state index >= 15 is 0 Å². The van der Waals surface area contributed by atoms with Crippen LogP contribution in [-0.2, 0) is 58.6 Å². The predicted molar refractivity (Wildman–Crippen MR) is 269 cm³/mol. The Morgan fingerprint density at radius 3 is 1.56 bits per heavy atom. The van der Waals surface area contributed by atoms with Gasteiger partial charge < -0.3 is 15.0 Å². The molecule has 71 heavy (non-hydrogen) atoms. The van der Waals surface area contributed by atoms with E-state index in [1.54, 1.807) is 24.5 Å². The largest absolute Gasteiger partial charge is 3.00 e. The zero-order valence-corrected chi connectivity index (χ0v) is 40.6. The van der Waals surface area contributed by atoms with Gasteiger partial charge in [-0.2, -0.15) is 0 Å². The molecule has 3 aromatic heterocycles. The molecule has 0 unspecified atom stereocenters. The predicted octanol–water partition coefficient (Wildman–Crippen LogP) is 15.2. The summed E-state index contributed by atoms with van der Waals surface area (Å²) in [5.74, 6) is -2.79. The minimum Gasteiger partial charge on any atom is -0.304 e. The Kier molecular flexibility index (Phi) is 13.8. The third kappa shape index (κ3) is 10.2. The summed E-state index contributed by atoms with van der Waals surface area (Å²) < 4.78 is 56.4. The van der Waals surface area contributed by atoms with Crippen LogP contribution in [0.2, 0.25) is 0 Å². The molecule has 7 aromatic carbocycles. The summed E-state index contributed by atoms with van der Waals surface area (Å²) in [6, 6.07) is 60.9. The normalized spacial score (nSPS) is 11.7. The molecule has 3 nitrogen and oxygen atoms in total. The Balaban J connectivity index is 0.00000582. The third-order valence-electron chi connectivity index (χ3n) is 13.1. The van der Waals surface area contributed by atoms with Crippen molar-refractivity contribution in [3.8, 4) is 78.3 Å². The van der Waals surface area contributed by atoms with E-state index in [2.05, 4.69) is 119 Å². The van der Waals surface area contributed by atoms with Crippen molar-refractivity contribution in [2.75, 3.05) is 0 Å². The minimum atomic E-state index is -0.709. The van der Waals surface area contributed by atoms with Gasteiger partial charge in [-0.25, -0.2) is 0 Å². The summed E-state index contributed by atoms with van der Waals surface area (Å²) in [7, 11) is 0. The third-order valence-corrected chi connectivity index (χ3v) is 13.1. The second-order valence-electron chi connectivity index (χ2n) is 17.7. The molecule has 11 rings (SSSR count). The SMILES string of the molecule is Fc1c[c-]c(-c2ccc(CCc3cc(CCc4ccc(-c5[c-]cc(F)cc5F)nc4)cc(-c4ccccc4-c4cnc(-c5[c-]cccc5)cc4-c4ccc5c(c4)CCc4ccccc4-5)c3)cn2)c(F)c1.[Ir+3]. The van der Waals surface area contributed by atoms with Crippen molar-refractivity contribution in [1.29, 1.82) is 0 Å². The Bertz CT molecular complexity index is 3420. The van der Waals surface area contributed by atoms with E-state index in [1.165, 1.54) is 22.3 Å². The summed E-state index contributed by atoms with van der Waals surface area (Å²) in [4.78, 5) is 14.1. The van der Waals surface area contributed by atoms with E-state index in [0.29, 0.717) is 37.1 Å². The van der Waals surface area contributed by atoms with Gasteiger partial charge in [0.05, 0.1) is 0 Å². The zero-order valence-electron chi connectivity index (χ0n) is 38.2. The Hall–Kier alpha value is -7.64. The fourth-order valence-electron chi connectivity index (χ4n) is 9.59. The number of pyridine rings is 3. The number of fused-ring (bicyclic) bond motifs is 3. The van der Waals surface area contributed by atoms with E-state index in [9.17, 15) is 17.6 Å². The molecule has 3 heterocycles. The Morgan fingerprint density at radius 1 is 0.394 bits per heavy atom. The van der Waals surface area contributed by atoms with Crippen LogP contribution < -0.4 is 0 Å². The van der Waals surface area contributed by atoms with Gasteiger partial charge >= 0.3 is 20.1 Å². The first-order valence-electron chi connectivity index (χ1n) is 23.3. The molecule has 0 fully saturated rings.